The summed E-state index contributed by atoms with van der Waals surface area (Å²) in [7, 11) is 0. The zero-order valence-electron chi connectivity index (χ0n) is 10.8. The summed E-state index contributed by atoms with van der Waals surface area (Å²) in [5.41, 5.74) is 7.37. The van der Waals surface area contributed by atoms with Crippen molar-refractivity contribution in [3.05, 3.63) is 28.8 Å². The summed E-state index contributed by atoms with van der Waals surface area (Å²) in [6.07, 6.45) is 5.73. The molecule has 2 nitrogen and oxygen atoms in total. The fraction of sp³-hybridized carbons (Fsp3) is 0.600. The van der Waals surface area contributed by atoms with E-state index >= 15 is 0 Å². The molecule has 3 heteroatoms. The predicted molar refractivity (Wildman–Crippen MR) is 74.0 cm³/mol. The Balaban J connectivity index is 1.90. The van der Waals surface area contributed by atoms with Gasteiger partial charge in [-0.25, -0.2) is 0 Å². The van der Waals surface area contributed by atoms with Crippen LogP contribution in [0, 0.1) is 5.92 Å². The first kappa shape index (κ1) is 12.3. The van der Waals surface area contributed by atoms with Gasteiger partial charge in [0.15, 0.2) is 0 Å². The van der Waals surface area contributed by atoms with E-state index in [9.17, 15) is 0 Å². The zero-order chi connectivity index (χ0) is 12.8. The first-order chi connectivity index (χ1) is 8.62. The molecule has 98 valence electrons. The van der Waals surface area contributed by atoms with E-state index in [0.717, 1.165) is 41.5 Å². The second-order valence-corrected chi connectivity index (χ2v) is 6.23. The fourth-order valence-electron chi connectivity index (χ4n) is 3.51. The molecule has 3 atom stereocenters. The molecule has 0 radical (unpaired) electrons. The van der Waals surface area contributed by atoms with Gasteiger partial charge in [0.2, 0.25) is 0 Å². The molecule has 0 saturated heterocycles. The highest BCUT2D eigenvalue weighted by Gasteiger charge is 2.45. The van der Waals surface area contributed by atoms with Crippen molar-refractivity contribution in [3.63, 3.8) is 0 Å². The first-order valence-corrected chi connectivity index (χ1v) is 7.24. The SMILES string of the molecule is CCC1CCC2(C1)CC(N)c1cc(Cl)ccc1O2. The highest BCUT2D eigenvalue weighted by atomic mass is 35.5. The van der Waals surface area contributed by atoms with E-state index in [0.29, 0.717) is 0 Å². The van der Waals surface area contributed by atoms with Crippen LogP contribution in [0.3, 0.4) is 0 Å². The summed E-state index contributed by atoms with van der Waals surface area (Å²) in [6, 6.07) is 5.86. The van der Waals surface area contributed by atoms with Crippen molar-refractivity contribution in [1.29, 1.82) is 0 Å². The van der Waals surface area contributed by atoms with Crippen LogP contribution in [0.1, 0.15) is 50.6 Å². The number of hydrogen-bond acceptors (Lipinski definition) is 2. The van der Waals surface area contributed by atoms with Crippen LogP contribution >= 0.6 is 11.6 Å². The fourth-order valence-corrected chi connectivity index (χ4v) is 3.69. The Hall–Kier alpha value is -0.730. The number of ether oxygens (including phenoxy) is 1. The van der Waals surface area contributed by atoms with Crippen LogP contribution in [0.15, 0.2) is 18.2 Å². The standard InChI is InChI=1S/C15H20ClNO/c1-2-10-5-6-15(8-10)9-13(17)12-7-11(16)3-4-14(12)18-15/h3-4,7,10,13H,2,5-6,8-9,17H2,1H3. The molecule has 0 aromatic heterocycles. The van der Waals surface area contributed by atoms with Gasteiger partial charge in [-0.05, 0) is 43.4 Å². The first-order valence-electron chi connectivity index (χ1n) is 6.86. The average molecular weight is 266 g/mol. The van der Waals surface area contributed by atoms with Gasteiger partial charge in [0.25, 0.3) is 0 Å². The molecule has 1 saturated carbocycles. The molecule has 1 heterocycles. The smallest absolute Gasteiger partial charge is 0.125 e. The molecule has 3 unspecified atom stereocenters. The summed E-state index contributed by atoms with van der Waals surface area (Å²) in [6.45, 7) is 2.26. The van der Waals surface area contributed by atoms with Crippen LogP contribution in [0.25, 0.3) is 0 Å². The Morgan fingerprint density at radius 1 is 1.44 bits per heavy atom. The van der Waals surface area contributed by atoms with Crippen LogP contribution in [0.5, 0.6) is 5.75 Å². The van der Waals surface area contributed by atoms with Gasteiger partial charge in [0, 0.05) is 23.0 Å². The van der Waals surface area contributed by atoms with Gasteiger partial charge in [0.1, 0.15) is 11.4 Å². The summed E-state index contributed by atoms with van der Waals surface area (Å²) >= 11 is 6.03. The number of halogens is 1. The molecule has 1 aromatic rings. The lowest BCUT2D eigenvalue weighted by Gasteiger charge is -2.39. The molecule has 1 spiro atoms. The van der Waals surface area contributed by atoms with Gasteiger partial charge in [-0.2, -0.15) is 0 Å². The van der Waals surface area contributed by atoms with E-state index in [1.807, 2.05) is 18.2 Å². The normalized spacial score (nSPS) is 34.4. The van der Waals surface area contributed by atoms with E-state index < -0.39 is 0 Å². The number of fused-ring (bicyclic) bond motifs is 1. The van der Waals surface area contributed by atoms with E-state index in [-0.39, 0.29) is 11.6 Å². The lowest BCUT2D eigenvalue weighted by Crippen LogP contribution is -2.40. The van der Waals surface area contributed by atoms with Gasteiger partial charge in [0.05, 0.1) is 0 Å². The maximum atomic E-state index is 6.32. The molecule has 0 bridgehead atoms. The maximum absolute atomic E-state index is 6.32. The molecular weight excluding hydrogens is 246 g/mol. The number of nitrogens with two attached hydrogens (primary N) is 1. The molecule has 1 aliphatic heterocycles. The van der Waals surface area contributed by atoms with Crippen LogP contribution in [0.2, 0.25) is 5.02 Å². The van der Waals surface area contributed by atoms with E-state index in [4.69, 9.17) is 22.1 Å². The Bertz CT molecular complexity index is 462. The average Bonchev–Trinajstić information content (AvgIpc) is 2.73. The summed E-state index contributed by atoms with van der Waals surface area (Å²) in [4.78, 5) is 0. The highest BCUT2D eigenvalue weighted by Crippen LogP contribution is 2.49. The highest BCUT2D eigenvalue weighted by molar-refractivity contribution is 6.30. The van der Waals surface area contributed by atoms with Gasteiger partial charge in [-0.1, -0.05) is 24.9 Å². The third-order valence-corrected chi connectivity index (χ3v) is 4.77. The van der Waals surface area contributed by atoms with Crippen molar-refractivity contribution in [2.75, 3.05) is 0 Å². The second kappa shape index (κ2) is 4.43. The van der Waals surface area contributed by atoms with E-state index in [1.54, 1.807) is 0 Å². The van der Waals surface area contributed by atoms with Crippen molar-refractivity contribution in [3.8, 4) is 5.75 Å². The summed E-state index contributed by atoms with van der Waals surface area (Å²) in [5, 5.41) is 0.738. The summed E-state index contributed by atoms with van der Waals surface area (Å²) in [5.74, 6) is 1.74. The van der Waals surface area contributed by atoms with Crippen molar-refractivity contribution >= 4 is 11.6 Å². The van der Waals surface area contributed by atoms with Crippen LogP contribution < -0.4 is 10.5 Å². The molecule has 1 fully saturated rings. The topological polar surface area (TPSA) is 35.2 Å². The lowest BCUT2D eigenvalue weighted by molar-refractivity contribution is 0.0385. The quantitative estimate of drug-likeness (QED) is 0.831. The van der Waals surface area contributed by atoms with E-state index in [2.05, 4.69) is 6.92 Å². The van der Waals surface area contributed by atoms with Crippen molar-refractivity contribution < 1.29 is 4.74 Å². The molecule has 18 heavy (non-hydrogen) atoms. The minimum Gasteiger partial charge on any atom is -0.487 e. The monoisotopic (exact) mass is 265 g/mol. The molecular formula is C15H20ClNO. The second-order valence-electron chi connectivity index (χ2n) is 5.79. The molecule has 2 aliphatic rings. The van der Waals surface area contributed by atoms with Gasteiger partial charge >= 0.3 is 0 Å². The Labute approximate surface area is 113 Å². The van der Waals surface area contributed by atoms with E-state index in [1.165, 1.54) is 12.8 Å². The van der Waals surface area contributed by atoms with Crippen LogP contribution in [0.4, 0.5) is 0 Å². The Morgan fingerprint density at radius 3 is 3.00 bits per heavy atom. The zero-order valence-corrected chi connectivity index (χ0v) is 11.5. The van der Waals surface area contributed by atoms with Crippen molar-refractivity contribution in [2.24, 2.45) is 11.7 Å². The van der Waals surface area contributed by atoms with Gasteiger partial charge < -0.3 is 10.5 Å². The minimum atomic E-state index is -0.0130. The molecule has 1 aromatic carbocycles. The maximum Gasteiger partial charge on any atom is 0.125 e. The largest absolute Gasteiger partial charge is 0.487 e. The molecule has 2 N–H and O–H groups in total. The van der Waals surface area contributed by atoms with Crippen molar-refractivity contribution in [1.82, 2.24) is 0 Å². The van der Waals surface area contributed by atoms with Crippen LogP contribution in [-0.4, -0.2) is 5.60 Å². The lowest BCUT2D eigenvalue weighted by atomic mass is 9.85. The van der Waals surface area contributed by atoms with Gasteiger partial charge in [-0.15, -0.1) is 0 Å². The molecule has 0 amide bonds. The third-order valence-electron chi connectivity index (χ3n) is 4.54. The van der Waals surface area contributed by atoms with Crippen molar-refractivity contribution in [2.45, 2.75) is 50.7 Å². The minimum absolute atomic E-state index is 0.0130. The molecule has 3 rings (SSSR count). The number of rotatable bonds is 1. The predicted octanol–water partition coefficient (Wildman–Crippen LogP) is 4.07. The van der Waals surface area contributed by atoms with Crippen LogP contribution in [-0.2, 0) is 0 Å². The third kappa shape index (κ3) is 2.02. The number of benzene rings is 1. The summed E-state index contributed by atoms with van der Waals surface area (Å²) < 4.78 is 6.30. The molecule has 1 aliphatic carbocycles. The van der Waals surface area contributed by atoms with Gasteiger partial charge in [-0.3, -0.25) is 0 Å². The Morgan fingerprint density at radius 2 is 2.28 bits per heavy atom. The Kier molecular flexibility index (Phi) is 3.03. The number of hydrogen-bond donors (Lipinski definition) is 1.